The molecule has 210 valence electrons. The van der Waals surface area contributed by atoms with Gasteiger partial charge in [0.05, 0.1) is 10.0 Å². The van der Waals surface area contributed by atoms with Crippen molar-refractivity contribution in [2.24, 2.45) is 10.8 Å². The van der Waals surface area contributed by atoms with Gasteiger partial charge >= 0.3 is 0 Å². The average Bonchev–Trinajstić information content (AvgIpc) is 2.80. The summed E-state index contributed by atoms with van der Waals surface area (Å²) in [5.41, 5.74) is 2.81. The number of amides is 1. The van der Waals surface area contributed by atoms with Crippen LogP contribution in [0, 0.1) is 17.8 Å². The van der Waals surface area contributed by atoms with Crippen molar-refractivity contribution in [1.82, 2.24) is 0 Å². The third kappa shape index (κ3) is 5.70. The topological polar surface area (TPSA) is 81.7 Å². The molecular weight excluding hydrogens is 549 g/mol. The highest BCUT2D eigenvalue weighted by molar-refractivity contribution is 6.37. The smallest absolute Gasteiger partial charge is 0.262 e. The van der Waals surface area contributed by atoms with Crippen LogP contribution in [0.2, 0.25) is 10.0 Å². The summed E-state index contributed by atoms with van der Waals surface area (Å²) in [4.78, 5) is 39.5. The van der Waals surface area contributed by atoms with Crippen LogP contribution in [-0.2, 0) is 19.1 Å². The molecule has 2 aliphatic carbocycles. The molecule has 0 saturated carbocycles. The first kappa shape index (κ1) is 28.4. The number of hydrogen-bond acceptors (Lipinski definition) is 5. The fraction of sp³-hybridized carbons (Fsp3) is 0.406. The molecule has 8 heteroatoms. The van der Waals surface area contributed by atoms with Crippen LogP contribution in [0.25, 0.3) is 0 Å². The summed E-state index contributed by atoms with van der Waals surface area (Å²) >= 11 is 13.3. The van der Waals surface area contributed by atoms with E-state index in [2.05, 4.69) is 5.32 Å². The fourth-order valence-electron chi connectivity index (χ4n) is 5.95. The second-order valence-electron chi connectivity index (χ2n) is 12.6. The van der Waals surface area contributed by atoms with Crippen LogP contribution >= 0.6 is 23.2 Å². The Hall–Kier alpha value is -3.09. The second-order valence-corrected chi connectivity index (χ2v) is 13.4. The van der Waals surface area contributed by atoms with Gasteiger partial charge in [0.25, 0.3) is 5.91 Å². The molecule has 0 radical (unpaired) electrons. The van der Waals surface area contributed by atoms with E-state index < -0.39 is 5.92 Å². The zero-order valence-electron chi connectivity index (χ0n) is 23.4. The average molecular weight is 583 g/mol. The van der Waals surface area contributed by atoms with Gasteiger partial charge in [-0.25, -0.2) is 0 Å². The normalized spacial score (nSPS) is 20.1. The number of carbonyl (C=O) groups excluding carboxylic acids is 3. The number of benzene rings is 2. The third-order valence-electron chi connectivity index (χ3n) is 7.59. The molecule has 1 amide bonds. The molecule has 0 bridgehead atoms. The number of aryl methyl sites for hydroxylation is 1. The Kier molecular flexibility index (Phi) is 7.38. The van der Waals surface area contributed by atoms with Crippen molar-refractivity contribution in [1.29, 1.82) is 0 Å². The minimum absolute atomic E-state index is 0.0409. The van der Waals surface area contributed by atoms with Crippen molar-refractivity contribution in [3.8, 4) is 5.75 Å². The third-order valence-corrected chi connectivity index (χ3v) is 8.15. The van der Waals surface area contributed by atoms with Crippen molar-refractivity contribution in [3.63, 3.8) is 0 Å². The van der Waals surface area contributed by atoms with E-state index in [1.54, 1.807) is 18.2 Å². The number of ketones is 2. The minimum atomic E-state index is -0.625. The van der Waals surface area contributed by atoms with Crippen molar-refractivity contribution >= 4 is 46.4 Å². The Morgan fingerprint density at radius 3 is 2.00 bits per heavy atom. The summed E-state index contributed by atoms with van der Waals surface area (Å²) in [7, 11) is 0. The van der Waals surface area contributed by atoms with Gasteiger partial charge in [-0.1, -0.05) is 63.0 Å². The van der Waals surface area contributed by atoms with Gasteiger partial charge < -0.3 is 14.8 Å². The van der Waals surface area contributed by atoms with Crippen LogP contribution in [0.3, 0.4) is 0 Å². The first-order chi connectivity index (χ1) is 18.7. The Labute approximate surface area is 244 Å². The van der Waals surface area contributed by atoms with E-state index in [9.17, 15) is 14.4 Å². The molecule has 2 aromatic carbocycles. The molecule has 40 heavy (non-hydrogen) atoms. The molecule has 5 rings (SSSR count). The lowest BCUT2D eigenvalue weighted by molar-refractivity contribution is -0.120. The highest BCUT2D eigenvalue weighted by Crippen LogP contribution is 2.54. The SMILES string of the molecule is Cc1cccc(NC(=O)COc2c(Cl)cc(C3C4=C(CC(C)(C)CC4=O)OC4=C3C(=O)CC(C)(C)C4)cc2Cl)c1. The first-order valence-corrected chi connectivity index (χ1v) is 14.2. The van der Waals surface area contributed by atoms with Gasteiger partial charge in [-0.05, 0) is 53.1 Å². The van der Waals surface area contributed by atoms with Gasteiger partial charge in [-0.3, -0.25) is 14.4 Å². The number of rotatable bonds is 5. The number of halogens is 2. The number of Topliss-reactive ketones (excluding diaryl/α,β-unsaturated/α-hetero) is 2. The molecule has 1 aliphatic heterocycles. The van der Waals surface area contributed by atoms with Crippen LogP contribution in [-0.4, -0.2) is 24.1 Å². The lowest BCUT2D eigenvalue weighted by Crippen LogP contribution is -2.37. The maximum absolute atomic E-state index is 13.5. The lowest BCUT2D eigenvalue weighted by Gasteiger charge is -2.42. The summed E-state index contributed by atoms with van der Waals surface area (Å²) in [6, 6.07) is 10.8. The number of nitrogens with one attached hydrogen (secondary N) is 1. The lowest BCUT2D eigenvalue weighted by atomic mass is 9.65. The van der Waals surface area contributed by atoms with Crippen molar-refractivity contribution in [2.75, 3.05) is 11.9 Å². The molecule has 1 N–H and O–H groups in total. The zero-order chi connectivity index (χ0) is 29.0. The molecule has 0 fully saturated rings. The van der Waals surface area contributed by atoms with Crippen LogP contribution in [0.5, 0.6) is 5.75 Å². The number of ether oxygens (including phenoxy) is 2. The standard InChI is InChI=1S/C32H33Cl2NO5/c1-17-7-6-8-19(9-17)35-26(38)16-39-30-20(33)10-18(11-21(30)34)27-28-22(36)12-31(2,3)14-24(28)40-25-15-32(4,5)13-23(37)29(25)27/h6-11,27H,12-16H2,1-5H3,(H,35,38). The summed E-state index contributed by atoms with van der Waals surface area (Å²) in [5.74, 6) is 0.337. The van der Waals surface area contributed by atoms with Crippen molar-refractivity contribution in [3.05, 3.63) is 80.2 Å². The molecular formula is C32H33Cl2NO5. The number of carbonyl (C=O) groups is 3. The van der Waals surface area contributed by atoms with Gasteiger partial charge in [0.15, 0.2) is 23.9 Å². The van der Waals surface area contributed by atoms with Crippen LogP contribution in [0.1, 0.15) is 70.4 Å². The summed E-state index contributed by atoms with van der Waals surface area (Å²) in [6.07, 6.45) is 1.89. The molecule has 0 aromatic heterocycles. The summed E-state index contributed by atoms with van der Waals surface area (Å²) < 4.78 is 12.1. The van der Waals surface area contributed by atoms with Crippen molar-refractivity contribution < 1.29 is 23.9 Å². The number of anilines is 1. The molecule has 0 atom stereocenters. The predicted molar refractivity (Wildman–Crippen MR) is 156 cm³/mol. The fourth-order valence-corrected chi connectivity index (χ4v) is 6.56. The van der Waals surface area contributed by atoms with Crippen LogP contribution < -0.4 is 10.1 Å². The van der Waals surface area contributed by atoms with Gasteiger partial charge in [0.1, 0.15) is 11.5 Å². The molecule has 0 spiro atoms. The zero-order valence-corrected chi connectivity index (χ0v) is 24.9. The molecule has 1 heterocycles. The first-order valence-electron chi connectivity index (χ1n) is 13.4. The van der Waals surface area contributed by atoms with Gasteiger partial charge in [-0.15, -0.1) is 0 Å². The monoisotopic (exact) mass is 581 g/mol. The van der Waals surface area contributed by atoms with Gasteiger partial charge in [0, 0.05) is 48.4 Å². The van der Waals surface area contributed by atoms with Crippen LogP contribution in [0.15, 0.2) is 59.1 Å². The van der Waals surface area contributed by atoms with E-state index in [1.165, 1.54) is 0 Å². The van der Waals surface area contributed by atoms with E-state index in [0.29, 0.717) is 59.6 Å². The minimum Gasteiger partial charge on any atom is -0.481 e. The van der Waals surface area contributed by atoms with E-state index in [-0.39, 0.29) is 50.7 Å². The molecule has 0 unspecified atom stereocenters. The van der Waals surface area contributed by atoms with E-state index in [0.717, 1.165) is 5.56 Å². The van der Waals surface area contributed by atoms with Gasteiger partial charge in [-0.2, -0.15) is 0 Å². The Morgan fingerprint density at radius 1 is 0.925 bits per heavy atom. The molecule has 0 saturated heterocycles. The maximum atomic E-state index is 13.5. The molecule has 2 aromatic rings. The van der Waals surface area contributed by atoms with E-state index in [4.69, 9.17) is 32.7 Å². The molecule has 3 aliphatic rings. The highest BCUT2D eigenvalue weighted by atomic mass is 35.5. The maximum Gasteiger partial charge on any atom is 0.262 e. The second kappa shape index (κ2) is 10.4. The Bertz CT molecular complexity index is 1430. The van der Waals surface area contributed by atoms with E-state index in [1.807, 2.05) is 52.8 Å². The Balaban J connectivity index is 1.47. The summed E-state index contributed by atoms with van der Waals surface area (Å²) in [6.45, 7) is 9.82. The quantitative estimate of drug-likeness (QED) is 0.391. The number of allylic oxidation sites excluding steroid dienone is 4. The molecule has 6 nitrogen and oxygen atoms in total. The van der Waals surface area contributed by atoms with Crippen LogP contribution in [0.4, 0.5) is 5.69 Å². The highest BCUT2D eigenvalue weighted by Gasteiger charge is 2.48. The Morgan fingerprint density at radius 2 is 1.48 bits per heavy atom. The largest absolute Gasteiger partial charge is 0.481 e. The summed E-state index contributed by atoms with van der Waals surface area (Å²) in [5, 5.41) is 3.17. The van der Waals surface area contributed by atoms with E-state index >= 15 is 0 Å². The van der Waals surface area contributed by atoms with Crippen molar-refractivity contribution in [2.45, 2.75) is 66.2 Å². The van der Waals surface area contributed by atoms with Gasteiger partial charge in [0.2, 0.25) is 0 Å². The predicted octanol–water partition coefficient (Wildman–Crippen LogP) is 7.72. The number of hydrogen-bond donors (Lipinski definition) is 1.